The van der Waals surface area contributed by atoms with Gasteiger partial charge < -0.3 is 19.5 Å². The number of non-ortho nitro benzene ring substituents is 1. The second-order valence-electron chi connectivity index (χ2n) is 5.61. The van der Waals surface area contributed by atoms with Gasteiger partial charge in [0, 0.05) is 12.1 Å². The number of esters is 1. The van der Waals surface area contributed by atoms with E-state index in [2.05, 4.69) is 5.32 Å². The predicted molar refractivity (Wildman–Crippen MR) is 101 cm³/mol. The summed E-state index contributed by atoms with van der Waals surface area (Å²) in [5, 5.41) is 13.6. The van der Waals surface area contributed by atoms with Gasteiger partial charge in [0.25, 0.3) is 11.6 Å². The van der Waals surface area contributed by atoms with Gasteiger partial charge in [0.15, 0.2) is 6.10 Å². The molecule has 0 saturated heterocycles. The number of carbonyl (C=O) groups is 2. The van der Waals surface area contributed by atoms with E-state index in [9.17, 15) is 19.7 Å². The van der Waals surface area contributed by atoms with Gasteiger partial charge >= 0.3 is 5.97 Å². The summed E-state index contributed by atoms with van der Waals surface area (Å²) < 4.78 is 15.6. The number of nitro benzene ring substituents is 1. The first-order valence-corrected chi connectivity index (χ1v) is 8.43. The Hall–Kier alpha value is -3.62. The summed E-state index contributed by atoms with van der Waals surface area (Å²) in [7, 11) is 1.32. The standard InChI is InChI=1S/C19H20N2O7/c1-4-27-17-8-6-5-7-15(17)20-18(22)12(2)28-19(23)14-11-13(21(24)25)9-10-16(14)26-3/h5-12H,4H2,1-3H3,(H,20,22)/t12-/m1/s1. The maximum absolute atomic E-state index is 12.4. The average Bonchev–Trinajstić information content (AvgIpc) is 2.68. The highest BCUT2D eigenvalue weighted by atomic mass is 16.6. The van der Waals surface area contributed by atoms with Crippen LogP contribution in [-0.2, 0) is 9.53 Å². The molecule has 0 spiro atoms. The van der Waals surface area contributed by atoms with Crippen LogP contribution in [0.4, 0.5) is 11.4 Å². The van der Waals surface area contributed by atoms with Crippen molar-refractivity contribution in [2.75, 3.05) is 19.0 Å². The first kappa shape index (κ1) is 20.7. The molecule has 2 rings (SSSR count). The quantitative estimate of drug-likeness (QED) is 0.419. The van der Waals surface area contributed by atoms with E-state index < -0.39 is 22.9 Å². The Labute approximate surface area is 161 Å². The van der Waals surface area contributed by atoms with E-state index in [0.29, 0.717) is 18.0 Å². The van der Waals surface area contributed by atoms with E-state index in [4.69, 9.17) is 14.2 Å². The van der Waals surface area contributed by atoms with Crippen LogP contribution >= 0.6 is 0 Å². The smallest absolute Gasteiger partial charge is 0.342 e. The number of nitrogens with zero attached hydrogens (tertiary/aromatic N) is 1. The molecular formula is C19H20N2O7. The first-order chi connectivity index (χ1) is 13.4. The summed E-state index contributed by atoms with van der Waals surface area (Å²) in [6.07, 6.45) is -1.16. The van der Waals surface area contributed by atoms with Crippen LogP contribution in [0.15, 0.2) is 42.5 Å². The van der Waals surface area contributed by atoms with Crippen LogP contribution < -0.4 is 14.8 Å². The monoisotopic (exact) mass is 388 g/mol. The van der Waals surface area contributed by atoms with Crippen molar-refractivity contribution in [3.63, 3.8) is 0 Å². The second kappa shape index (κ2) is 9.36. The summed E-state index contributed by atoms with van der Waals surface area (Å²) in [6.45, 7) is 3.62. The van der Waals surface area contributed by atoms with Crippen LogP contribution in [0.2, 0.25) is 0 Å². The molecule has 0 fully saturated rings. The zero-order valence-electron chi connectivity index (χ0n) is 15.6. The lowest BCUT2D eigenvalue weighted by atomic mass is 10.1. The normalized spacial score (nSPS) is 11.2. The molecule has 28 heavy (non-hydrogen) atoms. The van der Waals surface area contributed by atoms with Crippen LogP contribution in [-0.4, -0.2) is 36.6 Å². The van der Waals surface area contributed by atoms with Gasteiger partial charge in [-0.15, -0.1) is 0 Å². The van der Waals surface area contributed by atoms with E-state index in [1.165, 1.54) is 26.2 Å². The maximum atomic E-state index is 12.4. The van der Waals surface area contributed by atoms with E-state index >= 15 is 0 Å². The number of hydrogen-bond acceptors (Lipinski definition) is 7. The van der Waals surface area contributed by atoms with Gasteiger partial charge in [-0.2, -0.15) is 0 Å². The molecule has 0 unspecified atom stereocenters. The van der Waals surface area contributed by atoms with Crippen molar-refractivity contribution < 1.29 is 28.7 Å². The molecule has 0 aliphatic carbocycles. The molecule has 0 bridgehead atoms. The van der Waals surface area contributed by atoms with Crippen LogP contribution in [0, 0.1) is 10.1 Å². The summed E-state index contributed by atoms with van der Waals surface area (Å²) in [4.78, 5) is 35.1. The Balaban J connectivity index is 2.13. The van der Waals surface area contributed by atoms with Gasteiger partial charge in [-0.3, -0.25) is 14.9 Å². The second-order valence-corrected chi connectivity index (χ2v) is 5.61. The van der Waals surface area contributed by atoms with Crippen molar-refractivity contribution in [1.82, 2.24) is 0 Å². The van der Waals surface area contributed by atoms with Crippen molar-refractivity contribution >= 4 is 23.3 Å². The highest BCUT2D eigenvalue weighted by Crippen LogP contribution is 2.26. The van der Waals surface area contributed by atoms with Crippen molar-refractivity contribution in [2.24, 2.45) is 0 Å². The van der Waals surface area contributed by atoms with Crippen molar-refractivity contribution in [3.05, 3.63) is 58.1 Å². The van der Waals surface area contributed by atoms with Gasteiger partial charge in [-0.1, -0.05) is 12.1 Å². The van der Waals surface area contributed by atoms with Crippen LogP contribution in [0.25, 0.3) is 0 Å². The number of para-hydroxylation sites is 2. The molecule has 1 atom stereocenters. The van der Waals surface area contributed by atoms with Crippen molar-refractivity contribution in [1.29, 1.82) is 0 Å². The fraction of sp³-hybridized carbons (Fsp3) is 0.263. The minimum absolute atomic E-state index is 0.102. The fourth-order valence-electron chi connectivity index (χ4n) is 2.33. The van der Waals surface area contributed by atoms with Crippen LogP contribution in [0.1, 0.15) is 24.2 Å². The number of benzene rings is 2. The molecule has 1 N–H and O–H groups in total. The first-order valence-electron chi connectivity index (χ1n) is 8.43. The third kappa shape index (κ3) is 4.97. The number of nitrogens with one attached hydrogen (secondary N) is 1. The zero-order valence-corrected chi connectivity index (χ0v) is 15.6. The van der Waals surface area contributed by atoms with Crippen molar-refractivity contribution in [3.8, 4) is 11.5 Å². The zero-order chi connectivity index (χ0) is 20.7. The molecule has 1 amide bonds. The molecule has 9 heteroatoms. The van der Waals surface area contributed by atoms with Crippen LogP contribution in [0.3, 0.4) is 0 Å². The van der Waals surface area contributed by atoms with Gasteiger partial charge in [0.2, 0.25) is 0 Å². The van der Waals surface area contributed by atoms with E-state index in [1.54, 1.807) is 24.3 Å². The molecule has 0 saturated carbocycles. The third-order valence-electron chi connectivity index (χ3n) is 3.71. The van der Waals surface area contributed by atoms with Crippen LogP contribution in [0.5, 0.6) is 11.5 Å². The fourth-order valence-corrected chi connectivity index (χ4v) is 2.33. The molecule has 148 valence electrons. The minimum atomic E-state index is -1.16. The topological polar surface area (TPSA) is 117 Å². The number of methoxy groups -OCH3 is 1. The van der Waals surface area contributed by atoms with E-state index in [-0.39, 0.29) is 17.0 Å². The summed E-state index contributed by atoms with van der Waals surface area (Å²) in [5.74, 6) is -0.909. The van der Waals surface area contributed by atoms with E-state index in [0.717, 1.165) is 6.07 Å². The number of rotatable bonds is 8. The molecule has 0 radical (unpaired) electrons. The highest BCUT2D eigenvalue weighted by Gasteiger charge is 2.24. The molecule has 0 aliphatic rings. The molecule has 0 aliphatic heterocycles. The molecule has 2 aromatic rings. The Morgan fingerprint density at radius 3 is 2.54 bits per heavy atom. The summed E-state index contributed by atoms with van der Waals surface area (Å²) in [6, 6.07) is 10.4. The van der Waals surface area contributed by atoms with Gasteiger partial charge in [0.05, 0.1) is 24.3 Å². The highest BCUT2D eigenvalue weighted by molar-refractivity contribution is 5.99. The number of nitro groups is 1. The lowest BCUT2D eigenvalue weighted by molar-refractivity contribution is -0.384. The van der Waals surface area contributed by atoms with Gasteiger partial charge in [-0.05, 0) is 32.0 Å². The molecule has 0 aromatic heterocycles. The molecule has 0 heterocycles. The average molecular weight is 388 g/mol. The molecular weight excluding hydrogens is 368 g/mol. The molecule has 9 nitrogen and oxygen atoms in total. The number of ether oxygens (including phenoxy) is 3. The largest absolute Gasteiger partial charge is 0.496 e. The summed E-state index contributed by atoms with van der Waals surface area (Å²) in [5.41, 5.74) is -0.00765. The Morgan fingerprint density at radius 2 is 1.89 bits per heavy atom. The summed E-state index contributed by atoms with van der Waals surface area (Å²) >= 11 is 0. The number of carbonyl (C=O) groups excluding carboxylic acids is 2. The number of hydrogen-bond donors (Lipinski definition) is 1. The lowest BCUT2D eigenvalue weighted by Gasteiger charge is -2.16. The Morgan fingerprint density at radius 1 is 1.18 bits per heavy atom. The SMILES string of the molecule is CCOc1ccccc1NC(=O)[C@@H](C)OC(=O)c1cc([N+](=O)[O-])ccc1OC. The van der Waals surface area contributed by atoms with Gasteiger partial charge in [-0.25, -0.2) is 4.79 Å². The number of anilines is 1. The van der Waals surface area contributed by atoms with Gasteiger partial charge in [0.1, 0.15) is 17.1 Å². The lowest BCUT2D eigenvalue weighted by Crippen LogP contribution is -2.30. The Bertz CT molecular complexity index is 882. The predicted octanol–water partition coefficient (Wildman–Crippen LogP) is 3.19. The number of amides is 1. The maximum Gasteiger partial charge on any atom is 0.342 e. The Kier molecular flexibility index (Phi) is 6.91. The van der Waals surface area contributed by atoms with Crippen molar-refractivity contribution in [2.45, 2.75) is 20.0 Å². The molecule has 2 aromatic carbocycles. The van der Waals surface area contributed by atoms with E-state index in [1.807, 2.05) is 6.92 Å². The third-order valence-corrected chi connectivity index (χ3v) is 3.71. The minimum Gasteiger partial charge on any atom is -0.496 e.